The Labute approximate surface area is 87.9 Å². The van der Waals surface area contributed by atoms with Crippen LogP contribution in [0.4, 0.5) is 0 Å². The average Bonchev–Trinajstić information content (AvgIpc) is 2.18. The highest BCUT2D eigenvalue weighted by molar-refractivity contribution is 5.01. The van der Waals surface area contributed by atoms with Crippen molar-refractivity contribution in [1.82, 2.24) is 0 Å². The Hall–Kier alpha value is -0.0400. The minimum atomic E-state index is -0.0626. The quantitative estimate of drug-likeness (QED) is 0.718. The average molecular weight is 196 g/mol. The summed E-state index contributed by atoms with van der Waals surface area (Å²) in [5, 5.41) is 10.3. The van der Waals surface area contributed by atoms with Crippen LogP contribution in [0.1, 0.15) is 59.3 Å². The van der Waals surface area contributed by atoms with Gasteiger partial charge >= 0.3 is 0 Å². The molecule has 1 N–H and O–H groups in total. The van der Waals surface area contributed by atoms with Crippen LogP contribution < -0.4 is 0 Å². The molecule has 1 heteroatoms. The molecular weight excluding hydrogens is 172 g/mol. The van der Waals surface area contributed by atoms with Gasteiger partial charge in [-0.05, 0) is 55.3 Å². The summed E-state index contributed by atoms with van der Waals surface area (Å²) in [5.41, 5.74) is 0.921. The smallest absolute Gasteiger partial charge is 0.0619 e. The Kier molecular flexibility index (Phi) is 2.42. The zero-order chi connectivity index (χ0) is 10.4. The van der Waals surface area contributed by atoms with Gasteiger partial charge < -0.3 is 5.11 Å². The van der Waals surface area contributed by atoms with Gasteiger partial charge in [-0.3, -0.25) is 0 Å². The molecule has 0 aliphatic heterocycles. The van der Waals surface area contributed by atoms with Gasteiger partial charge in [0, 0.05) is 0 Å². The Bertz CT molecular complexity index is 195. The summed E-state index contributed by atoms with van der Waals surface area (Å²) >= 11 is 0. The van der Waals surface area contributed by atoms with E-state index in [1.54, 1.807) is 0 Å². The van der Waals surface area contributed by atoms with Crippen LogP contribution in [-0.4, -0.2) is 11.2 Å². The van der Waals surface area contributed by atoms with Gasteiger partial charge in [0.15, 0.2) is 0 Å². The molecule has 0 aromatic carbocycles. The SMILES string of the molecule is CC(C)C(O)C12CCC(C)(CC1)CC2. The molecule has 1 nitrogen and oxygen atoms in total. The van der Waals surface area contributed by atoms with Crippen molar-refractivity contribution in [3.63, 3.8) is 0 Å². The number of aliphatic hydroxyl groups excluding tert-OH is 1. The van der Waals surface area contributed by atoms with Crippen molar-refractivity contribution in [2.75, 3.05) is 0 Å². The Balaban J connectivity index is 2.12. The first-order valence-electron chi connectivity index (χ1n) is 6.16. The van der Waals surface area contributed by atoms with E-state index in [2.05, 4.69) is 20.8 Å². The van der Waals surface area contributed by atoms with Gasteiger partial charge in [-0.15, -0.1) is 0 Å². The summed E-state index contributed by atoms with van der Waals surface area (Å²) < 4.78 is 0. The first-order valence-corrected chi connectivity index (χ1v) is 6.16. The summed E-state index contributed by atoms with van der Waals surface area (Å²) in [7, 11) is 0. The zero-order valence-corrected chi connectivity index (χ0v) is 9.84. The van der Waals surface area contributed by atoms with E-state index in [1.807, 2.05) is 0 Å². The molecule has 0 spiro atoms. The minimum Gasteiger partial charge on any atom is -0.392 e. The lowest BCUT2D eigenvalue weighted by Crippen LogP contribution is -2.48. The zero-order valence-electron chi connectivity index (χ0n) is 9.84. The van der Waals surface area contributed by atoms with Crippen LogP contribution in [0.5, 0.6) is 0 Å². The largest absolute Gasteiger partial charge is 0.392 e. The summed E-state index contributed by atoms with van der Waals surface area (Å²) in [6.07, 6.45) is 7.77. The molecule has 1 unspecified atom stereocenters. The van der Waals surface area contributed by atoms with Crippen molar-refractivity contribution >= 4 is 0 Å². The first kappa shape index (κ1) is 10.5. The molecule has 0 radical (unpaired) electrons. The molecular formula is C13H24O. The molecule has 14 heavy (non-hydrogen) atoms. The standard InChI is InChI=1S/C13H24O/c1-10(2)11(14)13-7-4-12(3,5-8-13)6-9-13/h10-11,14H,4-9H2,1-3H3. The molecule has 82 valence electrons. The van der Waals surface area contributed by atoms with E-state index < -0.39 is 0 Å². The lowest BCUT2D eigenvalue weighted by molar-refractivity contribution is -0.0994. The normalized spacial score (nSPS) is 44.4. The monoisotopic (exact) mass is 196 g/mol. The molecule has 0 aromatic heterocycles. The second-order valence-electron chi connectivity index (χ2n) is 6.36. The molecule has 2 bridgehead atoms. The first-order chi connectivity index (χ1) is 6.48. The van der Waals surface area contributed by atoms with Crippen molar-refractivity contribution in [3.8, 4) is 0 Å². The Morgan fingerprint density at radius 3 is 1.71 bits per heavy atom. The Morgan fingerprint density at radius 2 is 1.36 bits per heavy atom. The highest BCUT2D eigenvalue weighted by Gasteiger charge is 2.50. The number of rotatable bonds is 2. The maximum atomic E-state index is 10.3. The van der Waals surface area contributed by atoms with Crippen molar-refractivity contribution in [1.29, 1.82) is 0 Å². The summed E-state index contributed by atoms with van der Waals surface area (Å²) in [6, 6.07) is 0. The van der Waals surface area contributed by atoms with Crippen LogP contribution in [0.25, 0.3) is 0 Å². The predicted molar refractivity (Wildman–Crippen MR) is 59.1 cm³/mol. The molecule has 0 aromatic rings. The molecule has 3 fully saturated rings. The van der Waals surface area contributed by atoms with Crippen molar-refractivity contribution in [2.24, 2.45) is 16.7 Å². The summed E-state index contributed by atoms with van der Waals surface area (Å²) in [4.78, 5) is 0. The molecule has 1 atom stereocenters. The fraction of sp³-hybridized carbons (Fsp3) is 1.00. The lowest BCUT2D eigenvalue weighted by Gasteiger charge is -2.55. The maximum absolute atomic E-state index is 10.3. The van der Waals surface area contributed by atoms with Gasteiger partial charge in [-0.25, -0.2) is 0 Å². The summed E-state index contributed by atoms with van der Waals surface area (Å²) in [6.45, 7) is 6.74. The highest BCUT2D eigenvalue weighted by Crippen LogP contribution is 2.58. The van der Waals surface area contributed by atoms with E-state index in [0.29, 0.717) is 16.7 Å². The predicted octanol–water partition coefficient (Wildman–Crippen LogP) is 3.36. The van der Waals surface area contributed by atoms with Crippen LogP contribution >= 0.6 is 0 Å². The van der Waals surface area contributed by atoms with E-state index in [0.717, 1.165) is 0 Å². The van der Waals surface area contributed by atoms with Crippen molar-refractivity contribution < 1.29 is 5.11 Å². The van der Waals surface area contributed by atoms with Crippen LogP contribution in [0.3, 0.4) is 0 Å². The third kappa shape index (κ3) is 1.50. The summed E-state index contributed by atoms with van der Waals surface area (Å²) in [5.74, 6) is 0.428. The number of hydrogen-bond donors (Lipinski definition) is 1. The van der Waals surface area contributed by atoms with E-state index in [-0.39, 0.29) is 6.10 Å². The molecule has 0 saturated heterocycles. The van der Waals surface area contributed by atoms with Gasteiger partial charge in [0.25, 0.3) is 0 Å². The molecule has 0 heterocycles. The van der Waals surface area contributed by atoms with E-state index in [9.17, 15) is 5.11 Å². The second-order valence-corrected chi connectivity index (χ2v) is 6.36. The third-order valence-electron chi connectivity index (χ3n) is 4.94. The number of aliphatic hydroxyl groups is 1. The van der Waals surface area contributed by atoms with E-state index >= 15 is 0 Å². The van der Waals surface area contributed by atoms with Gasteiger partial charge in [0.1, 0.15) is 0 Å². The minimum absolute atomic E-state index is 0.0626. The maximum Gasteiger partial charge on any atom is 0.0619 e. The van der Waals surface area contributed by atoms with Gasteiger partial charge in [-0.2, -0.15) is 0 Å². The molecule has 3 aliphatic carbocycles. The molecule has 3 saturated carbocycles. The van der Waals surface area contributed by atoms with Crippen LogP contribution in [0.15, 0.2) is 0 Å². The lowest BCUT2D eigenvalue weighted by atomic mass is 9.52. The molecule has 3 aliphatic rings. The number of fused-ring (bicyclic) bond motifs is 3. The second kappa shape index (κ2) is 3.23. The van der Waals surface area contributed by atoms with Crippen LogP contribution in [0, 0.1) is 16.7 Å². The molecule has 0 amide bonds. The van der Waals surface area contributed by atoms with Crippen LogP contribution in [0.2, 0.25) is 0 Å². The fourth-order valence-electron chi connectivity index (χ4n) is 3.55. The molecule has 3 rings (SSSR count). The highest BCUT2D eigenvalue weighted by atomic mass is 16.3. The Morgan fingerprint density at radius 1 is 0.929 bits per heavy atom. The number of hydrogen-bond acceptors (Lipinski definition) is 1. The fourth-order valence-corrected chi connectivity index (χ4v) is 3.55. The van der Waals surface area contributed by atoms with Gasteiger partial charge in [-0.1, -0.05) is 20.8 Å². The van der Waals surface area contributed by atoms with Crippen molar-refractivity contribution in [3.05, 3.63) is 0 Å². The van der Waals surface area contributed by atoms with Crippen molar-refractivity contribution in [2.45, 2.75) is 65.4 Å². The van der Waals surface area contributed by atoms with Gasteiger partial charge in [0.05, 0.1) is 6.10 Å². The van der Waals surface area contributed by atoms with Crippen LogP contribution in [-0.2, 0) is 0 Å². The topological polar surface area (TPSA) is 20.2 Å². The van der Waals surface area contributed by atoms with E-state index in [4.69, 9.17) is 0 Å². The third-order valence-corrected chi connectivity index (χ3v) is 4.94. The van der Waals surface area contributed by atoms with Gasteiger partial charge in [0.2, 0.25) is 0 Å². The van der Waals surface area contributed by atoms with E-state index in [1.165, 1.54) is 38.5 Å².